The summed E-state index contributed by atoms with van der Waals surface area (Å²) in [6.07, 6.45) is 0. The van der Waals surface area contributed by atoms with Gasteiger partial charge in [0.05, 0.1) is 5.69 Å². The molecule has 0 saturated carbocycles. The first-order valence-corrected chi connectivity index (χ1v) is 10.4. The Morgan fingerprint density at radius 2 is 1.71 bits per heavy atom. The van der Waals surface area contributed by atoms with Crippen molar-refractivity contribution in [1.29, 1.82) is 0 Å². The highest BCUT2D eigenvalue weighted by Gasteiger charge is 2.20. The van der Waals surface area contributed by atoms with Crippen LogP contribution in [0.25, 0.3) is 17.1 Å². The Morgan fingerprint density at radius 1 is 0.935 bits per heavy atom. The Labute approximate surface area is 186 Å². The molecule has 156 valence electrons. The largest absolute Gasteiger partial charge is 0.319 e. The van der Waals surface area contributed by atoms with E-state index in [2.05, 4.69) is 15.4 Å². The van der Waals surface area contributed by atoms with E-state index >= 15 is 0 Å². The number of nitrogens with zero attached hydrogens (tertiary/aromatic N) is 3. The Balaban J connectivity index is 1.82. The first-order valence-electron chi connectivity index (χ1n) is 10.0. The number of amides is 1. The van der Waals surface area contributed by atoms with Gasteiger partial charge < -0.3 is 5.32 Å². The van der Waals surface area contributed by atoms with Crippen molar-refractivity contribution in [3.63, 3.8) is 0 Å². The zero-order valence-electron chi connectivity index (χ0n) is 17.9. The van der Waals surface area contributed by atoms with Crippen molar-refractivity contribution < 1.29 is 4.79 Å². The first-order chi connectivity index (χ1) is 14.8. The molecule has 0 bridgehead atoms. The van der Waals surface area contributed by atoms with Gasteiger partial charge >= 0.3 is 0 Å². The smallest absolute Gasteiger partial charge is 0.295 e. The predicted molar refractivity (Wildman–Crippen MR) is 125 cm³/mol. The van der Waals surface area contributed by atoms with E-state index in [1.807, 2.05) is 88.4 Å². The van der Waals surface area contributed by atoms with Crippen LogP contribution in [0.2, 0.25) is 5.02 Å². The zero-order chi connectivity index (χ0) is 22.1. The molecule has 1 N–H and O–H groups in total. The molecule has 0 saturated heterocycles. The number of aryl methyl sites for hydroxylation is 3. The molecule has 0 spiro atoms. The van der Waals surface area contributed by atoms with Crippen LogP contribution in [0, 0.1) is 27.7 Å². The van der Waals surface area contributed by atoms with E-state index in [0.717, 1.165) is 39.2 Å². The Morgan fingerprint density at radius 3 is 2.48 bits per heavy atom. The lowest BCUT2D eigenvalue weighted by molar-refractivity contribution is 0.101. The molecule has 4 aromatic rings. The molecule has 0 aliphatic heterocycles. The highest BCUT2D eigenvalue weighted by atomic mass is 35.5. The van der Waals surface area contributed by atoms with E-state index in [9.17, 15) is 4.79 Å². The number of nitrogens with one attached hydrogen (secondary N) is 1. The minimum absolute atomic E-state index is 0.0942. The molecule has 4 rings (SSSR count). The lowest BCUT2D eigenvalue weighted by Gasteiger charge is -2.10. The molecule has 6 heteroatoms. The molecule has 31 heavy (non-hydrogen) atoms. The summed E-state index contributed by atoms with van der Waals surface area (Å²) in [5, 5.41) is 8.11. The van der Waals surface area contributed by atoms with E-state index < -0.39 is 0 Å². The summed E-state index contributed by atoms with van der Waals surface area (Å²) in [6.45, 7) is 7.98. The third-order valence-corrected chi connectivity index (χ3v) is 5.57. The highest BCUT2D eigenvalue weighted by Crippen LogP contribution is 2.26. The maximum Gasteiger partial charge on any atom is 0.295 e. The van der Waals surface area contributed by atoms with Crippen LogP contribution in [0.3, 0.4) is 0 Å². The number of carbonyl (C=O) groups is 1. The molecular formula is C25H23ClN4O. The number of anilines is 1. The molecule has 1 amide bonds. The lowest BCUT2D eigenvalue weighted by atomic mass is 10.1. The van der Waals surface area contributed by atoms with Crippen molar-refractivity contribution in [1.82, 2.24) is 14.8 Å². The summed E-state index contributed by atoms with van der Waals surface area (Å²) in [5.41, 5.74) is 6.59. The van der Waals surface area contributed by atoms with E-state index in [1.54, 1.807) is 4.68 Å². The molecule has 0 aliphatic rings. The summed E-state index contributed by atoms with van der Waals surface area (Å²) in [5.74, 6) is 0.318. The molecule has 1 aromatic heterocycles. The van der Waals surface area contributed by atoms with Gasteiger partial charge in [0.2, 0.25) is 5.82 Å². The van der Waals surface area contributed by atoms with Crippen LogP contribution in [0.5, 0.6) is 0 Å². The van der Waals surface area contributed by atoms with Gasteiger partial charge in [-0.05, 0) is 68.7 Å². The van der Waals surface area contributed by atoms with Gasteiger partial charge in [-0.2, -0.15) is 0 Å². The topological polar surface area (TPSA) is 59.8 Å². The lowest BCUT2D eigenvalue weighted by Crippen LogP contribution is -2.15. The van der Waals surface area contributed by atoms with Crippen molar-refractivity contribution in [2.75, 3.05) is 5.32 Å². The highest BCUT2D eigenvalue weighted by molar-refractivity contribution is 6.30. The van der Waals surface area contributed by atoms with Crippen molar-refractivity contribution in [3.05, 3.63) is 93.8 Å². The predicted octanol–water partition coefficient (Wildman–Crippen LogP) is 6.07. The summed E-state index contributed by atoms with van der Waals surface area (Å²) >= 11 is 6.26. The summed E-state index contributed by atoms with van der Waals surface area (Å²) < 4.78 is 1.69. The number of benzene rings is 3. The molecule has 5 nitrogen and oxygen atoms in total. The number of halogens is 1. The van der Waals surface area contributed by atoms with E-state index in [4.69, 9.17) is 11.6 Å². The van der Waals surface area contributed by atoms with Gasteiger partial charge in [-0.25, -0.2) is 9.67 Å². The van der Waals surface area contributed by atoms with Crippen molar-refractivity contribution in [2.45, 2.75) is 27.7 Å². The second-order valence-electron chi connectivity index (χ2n) is 7.67. The average molecular weight is 431 g/mol. The third-order valence-electron chi connectivity index (χ3n) is 5.34. The third kappa shape index (κ3) is 4.23. The summed E-state index contributed by atoms with van der Waals surface area (Å²) in [4.78, 5) is 17.7. The van der Waals surface area contributed by atoms with Crippen LogP contribution in [-0.2, 0) is 0 Å². The van der Waals surface area contributed by atoms with Crippen LogP contribution in [0.4, 0.5) is 5.69 Å². The maximum atomic E-state index is 13.0. The Hall–Kier alpha value is -3.44. The maximum absolute atomic E-state index is 13.0. The van der Waals surface area contributed by atoms with Gasteiger partial charge in [-0.3, -0.25) is 4.79 Å². The van der Waals surface area contributed by atoms with Gasteiger partial charge in [0.25, 0.3) is 5.91 Å². The zero-order valence-corrected chi connectivity index (χ0v) is 18.7. The fourth-order valence-corrected chi connectivity index (χ4v) is 3.59. The van der Waals surface area contributed by atoms with Crippen LogP contribution < -0.4 is 5.32 Å². The van der Waals surface area contributed by atoms with Crippen LogP contribution >= 0.6 is 11.6 Å². The second kappa shape index (κ2) is 8.36. The van der Waals surface area contributed by atoms with Crippen molar-refractivity contribution in [3.8, 4) is 17.1 Å². The number of aromatic nitrogens is 3. The van der Waals surface area contributed by atoms with E-state index in [1.165, 1.54) is 0 Å². The van der Waals surface area contributed by atoms with Crippen molar-refractivity contribution in [2.24, 2.45) is 0 Å². The molecule has 0 unspecified atom stereocenters. The monoisotopic (exact) mass is 430 g/mol. The number of carbonyl (C=O) groups excluding carboxylic acids is 1. The van der Waals surface area contributed by atoms with Gasteiger partial charge in [-0.15, -0.1) is 5.10 Å². The van der Waals surface area contributed by atoms with Crippen LogP contribution in [0.1, 0.15) is 32.9 Å². The molecular weight excluding hydrogens is 408 g/mol. The molecule has 0 radical (unpaired) electrons. The first kappa shape index (κ1) is 20.8. The SMILES string of the molecule is Cc1cccc(-c2nc(C(=O)Nc3cccc(C)c3C)nn2-c2cc(Cl)ccc2C)c1. The minimum atomic E-state index is -0.360. The number of hydrogen-bond acceptors (Lipinski definition) is 3. The van der Waals surface area contributed by atoms with Crippen molar-refractivity contribution >= 4 is 23.2 Å². The van der Waals surface area contributed by atoms with Crippen LogP contribution in [0.15, 0.2) is 60.7 Å². The van der Waals surface area contributed by atoms with Gasteiger partial charge in [-0.1, -0.05) is 53.6 Å². The normalized spacial score (nSPS) is 10.9. The van der Waals surface area contributed by atoms with Crippen LogP contribution in [-0.4, -0.2) is 20.7 Å². The van der Waals surface area contributed by atoms with Gasteiger partial charge in [0, 0.05) is 16.3 Å². The van der Waals surface area contributed by atoms with Gasteiger partial charge in [0.15, 0.2) is 5.82 Å². The van der Waals surface area contributed by atoms with Gasteiger partial charge in [0.1, 0.15) is 0 Å². The number of hydrogen-bond donors (Lipinski definition) is 1. The van der Waals surface area contributed by atoms with E-state index in [0.29, 0.717) is 10.8 Å². The second-order valence-corrected chi connectivity index (χ2v) is 8.11. The Kier molecular flexibility index (Phi) is 5.61. The average Bonchev–Trinajstić information content (AvgIpc) is 3.18. The minimum Gasteiger partial charge on any atom is -0.319 e. The molecule has 0 fully saturated rings. The number of rotatable bonds is 4. The molecule has 1 heterocycles. The molecule has 0 atom stereocenters. The molecule has 0 aliphatic carbocycles. The fraction of sp³-hybridized carbons (Fsp3) is 0.160. The molecule has 3 aromatic carbocycles. The summed E-state index contributed by atoms with van der Waals surface area (Å²) in [7, 11) is 0. The Bertz CT molecular complexity index is 1290. The fourth-order valence-electron chi connectivity index (χ4n) is 3.42. The quantitative estimate of drug-likeness (QED) is 0.427. The van der Waals surface area contributed by atoms with E-state index in [-0.39, 0.29) is 11.7 Å². The standard InChI is InChI=1S/C25H23ClN4O/c1-15-7-5-9-19(13-15)24-28-23(25(31)27-21-10-6-8-16(2)18(21)4)29-30(24)22-14-20(26)12-11-17(22)3/h5-14H,1-4H3,(H,27,31). The summed E-state index contributed by atoms with van der Waals surface area (Å²) in [6, 6.07) is 19.3.